The summed E-state index contributed by atoms with van der Waals surface area (Å²) in [5.74, 6) is 0.954. The Kier molecular flexibility index (Phi) is 7.87. The number of halogens is 1. The highest BCUT2D eigenvalue weighted by molar-refractivity contribution is 9.10. The molecule has 160 valence electrons. The first-order chi connectivity index (χ1) is 14.5. The zero-order valence-electron chi connectivity index (χ0n) is 17.3. The topological polar surface area (TPSA) is 67.9 Å². The van der Waals surface area contributed by atoms with Crippen LogP contribution >= 0.6 is 15.9 Å². The molecule has 0 saturated carbocycles. The van der Waals surface area contributed by atoms with Crippen molar-refractivity contribution in [3.05, 3.63) is 58.1 Å². The van der Waals surface area contributed by atoms with Crippen molar-refractivity contribution < 1.29 is 19.1 Å². The Labute approximate surface area is 185 Å². The Bertz CT molecular complexity index is 895. The maximum absolute atomic E-state index is 13.0. The first-order valence-electron chi connectivity index (χ1n) is 10.1. The molecule has 0 aliphatic carbocycles. The molecule has 1 aliphatic rings. The van der Waals surface area contributed by atoms with Crippen LogP contribution in [0.2, 0.25) is 0 Å². The molecule has 0 bridgehead atoms. The van der Waals surface area contributed by atoms with E-state index in [0.717, 1.165) is 25.9 Å². The van der Waals surface area contributed by atoms with Gasteiger partial charge in [-0.1, -0.05) is 19.1 Å². The summed E-state index contributed by atoms with van der Waals surface area (Å²) in [6.45, 7) is 4.61. The van der Waals surface area contributed by atoms with Crippen LogP contribution in [-0.2, 0) is 4.74 Å². The fourth-order valence-corrected chi connectivity index (χ4v) is 3.84. The minimum Gasteiger partial charge on any atom is -0.490 e. The first kappa shape index (κ1) is 22.3. The quantitative estimate of drug-likeness (QED) is 0.595. The third-order valence-electron chi connectivity index (χ3n) is 5.22. The zero-order chi connectivity index (χ0) is 21.5. The van der Waals surface area contributed by atoms with Crippen molar-refractivity contribution in [2.24, 2.45) is 5.92 Å². The van der Waals surface area contributed by atoms with Crippen molar-refractivity contribution in [1.82, 2.24) is 4.90 Å². The van der Waals surface area contributed by atoms with E-state index in [-0.39, 0.29) is 11.8 Å². The van der Waals surface area contributed by atoms with Gasteiger partial charge in [-0.15, -0.1) is 0 Å². The highest BCUT2D eigenvalue weighted by Gasteiger charge is 2.23. The molecule has 30 heavy (non-hydrogen) atoms. The molecule has 0 radical (unpaired) electrons. The number of methoxy groups -OCH3 is 1. The number of para-hydroxylation sites is 1. The lowest BCUT2D eigenvalue weighted by atomic mass is 9.98. The number of hydrogen-bond acceptors (Lipinski definition) is 4. The van der Waals surface area contributed by atoms with Crippen molar-refractivity contribution in [3.8, 4) is 5.75 Å². The van der Waals surface area contributed by atoms with E-state index in [0.29, 0.717) is 46.2 Å². The number of anilines is 1. The van der Waals surface area contributed by atoms with E-state index in [4.69, 9.17) is 9.47 Å². The van der Waals surface area contributed by atoms with Gasteiger partial charge in [-0.05, 0) is 65.0 Å². The maximum Gasteiger partial charge on any atom is 0.255 e. The van der Waals surface area contributed by atoms with Gasteiger partial charge in [0.2, 0.25) is 0 Å². The molecule has 0 atom stereocenters. The minimum absolute atomic E-state index is 0.0409. The predicted molar refractivity (Wildman–Crippen MR) is 120 cm³/mol. The lowest BCUT2D eigenvalue weighted by Crippen LogP contribution is -2.38. The van der Waals surface area contributed by atoms with Crippen molar-refractivity contribution in [2.75, 3.05) is 38.7 Å². The predicted octanol–water partition coefficient (Wildman–Crippen LogP) is 4.60. The lowest BCUT2D eigenvalue weighted by Gasteiger charge is -2.30. The SMILES string of the molecule is COCCOc1ccc(C(=O)Nc2ccccc2C(=O)N2CCC(C)CC2)cc1Br. The Balaban J connectivity index is 1.71. The molecule has 1 fully saturated rings. The fraction of sp³-hybridized carbons (Fsp3) is 0.391. The van der Waals surface area contributed by atoms with Crippen molar-refractivity contribution in [1.29, 1.82) is 0 Å². The van der Waals surface area contributed by atoms with Crippen LogP contribution in [0.3, 0.4) is 0 Å². The lowest BCUT2D eigenvalue weighted by molar-refractivity contribution is 0.0698. The van der Waals surface area contributed by atoms with Gasteiger partial charge in [-0.3, -0.25) is 9.59 Å². The first-order valence-corrected chi connectivity index (χ1v) is 10.9. The summed E-state index contributed by atoms with van der Waals surface area (Å²) in [4.78, 5) is 27.7. The summed E-state index contributed by atoms with van der Waals surface area (Å²) in [5.41, 5.74) is 1.50. The molecule has 6 nitrogen and oxygen atoms in total. The van der Waals surface area contributed by atoms with E-state index < -0.39 is 0 Å². The van der Waals surface area contributed by atoms with Gasteiger partial charge in [0.15, 0.2) is 0 Å². The second-order valence-corrected chi connectivity index (χ2v) is 8.32. The molecular weight excluding hydrogens is 448 g/mol. The van der Waals surface area contributed by atoms with Crippen molar-refractivity contribution in [3.63, 3.8) is 0 Å². The molecule has 1 heterocycles. The number of rotatable bonds is 7. The van der Waals surface area contributed by atoms with Gasteiger partial charge in [0.1, 0.15) is 12.4 Å². The number of carbonyl (C=O) groups excluding carboxylic acids is 2. The summed E-state index contributed by atoms with van der Waals surface area (Å²) in [6, 6.07) is 12.3. The molecule has 1 aliphatic heterocycles. The van der Waals surface area contributed by atoms with Crippen LogP contribution in [0.15, 0.2) is 46.9 Å². The van der Waals surface area contributed by atoms with Gasteiger partial charge in [0, 0.05) is 25.8 Å². The largest absolute Gasteiger partial charge is 0.490 e. The van der Waals surface area contributed by atoms with Crippen LogP contribution in [-0.4, -0.2) is 50.1 Å². The van der Waals surface area contributed by atoms with Crippen molar-refractivity contribution in [2.45, 2.75) is 19.8 Å². The van der Waals surface area contributed by atoms with Gasteiger partial charge >= 0.3 is 0 Å². The molecule has 7 heteroatoms. The monoisotopic (exact) mass is 474 g/mol. The molecule has 1 saturated heterocycles. The van der Waals surface area contributed by atoms with Gasteiger partial charge < -0.3 is 19.7 Å². The molecule has 2 amide bonds. The zero-order valence-corrected chi connectivity index (χ0v) is 18.9. The number of hydrogen-bond donors (Lipinski definition) is 1. The Morgan fingerprint density at radius 1 is 1.13 bits per heavy atom. The van der Waals surface area contributed by atoms with Gasteiger partial charge in [0.25, 0.3) is 11.8 Å². The van der Waals surface area contributed by atoms with E-state index in [2.05, 4.69) is 28.2 Å². The number of carbonyl (C=O) groups is 2. The number of benzene rings is 2. The molecule has 0 aromatic heterocycles. The van der Waals surface area contributed by atoms with Crippen LogP contribution < -0.4 is 10.1 Å². The Hall–Kier alpha value is -2.38. The number of piperidine rings is 1. The van der Waals surface area contributed by atoms with Gasteiger partial charge in [0.05, 0.1) is 22.3 Å². The maximum atomic E-state index is 13.0. The molecule has 2 aromatic rings. The normalized spacial score (nSPS) is 14.4. The number of likely N-dealkylation sites (tertiary alicyclic amines) is 1. The van der Waals surface area contributed by atoms with Crippen LogP contribution in [0.5, 0.6) is 5.75 Å². The summed E-state index contributed by atoms with van der Waals surface area (Å²) < 4.78 is 11.3. The highest BCUT2D eigenvalue weighted by Crippen LogP contribution is 2.27. The van der Waals surface area contributed by atoms with Gasteiger partial charge in [-0.25, -0.2) is 0 Å². The number of nitrogens with one attached hydrogen (secondary N) is 1. The van der Waals surface area contributed by atoms with E-state index >= 15 is 0 Å². The van der Waals surface area contributed by atoms with Crippen LogP contribution in [0.1, 0.15) is 40.5 Å². The molecule has 0 unspecified atom stereocenters. The third kappa shape index (κ3) is 5.61. The van der Waals surface area contributed by atoms with E-state index in [1.54, 1.807) is 37.4 Å². The number of amides is 2. The molecular formula is C23H27BrN2O4. The molecule has 3 rings (SSSR count). The minimum atomic E-state index is -0.286. The average molecular weight is 475 g/mol. The molecule has 1 N–H and O–H groups in total. The summed E-state index contributed by atoms with van der Waals surface area (Å²) in [6.07, 6.45) is 2.01. The fourth-order valence-electron chi connectivity index (χ4n) is 3.35. The van der Waals surface area contributed by atoms with Crippen LogP contribution in [0.25, 0.3) is 0 Å². The second kappa shape index (κ2) is 10.6. The second-order valence-electron chi connectivity index (χ2n) is 7.46. The molecule has 0 spiro atoms. The number of ether oxygens (including phenoxy) is 2. The van der Waals surface area contributed by atoms with Crippen LogP contribution in [0.4, 0.5) is 5.69 Å². The third-order valence-corrected chi connectivity index (χ3v) is 5.84. The number of nitrogens with zero attached hydrogens (tertiary/aromatic N) is 1. The van der Waals surface area contributed by atoms with Gasteiger partial charge in [-0.2, -0.15) is 0 Å². The Morgan fingerprint density at radius 3 is 2.57 bits per heavy atom. The smallest absolute Gasteiger partial charge is 0.255 e. The average Bonchev–Trinajstić information content (AvgIpc) is 2.75. The standard InChI is InChI=1S/C23H27BrN2O4/c1-16-9-11-26(12-10-16)23(28)18-5-3-4-6-20(18)25-22(27)17-7-8-21(19(24)15-17)30-14-13-29-2/h3-8,15-16H,9-14H2,1-2H3,(H,25,27). The van der Waals surface area contributed by atoms with Crippen LogP contribution in [0, 0.1) is 5.92 Å². The van der Waals surface area contributed by atoms with E-state index in [9.17, 15) is 9.59 Å². The summed E-state index contributed by atoms with van der Waals surface area (Å²) in [7, 11) is 1.61. The highest BCUT2D eigenvalue weighted by atomic mass is 79.9. The summed E-state index contributed by atoms with van der Waals surface area (Å²) in [5, 5.41) is 2.89. The summed E-state index contributed by atoms with van der Waals surface area (Å²) >= 11 is 3.44. The van der Waals surface area contributed by atoms with Crippen molar-refractivity contribution >= 4 is 33.4 Å². The Morgan fingerprint density at radius 2 is 1.87 bits per heavy atom. The molecule has 2 aromatic carbocycles. The van der Waals surface area contributed by atoms with E-state index in [1.165, 1.54) is 0 Å². The van der Waals surface area contributed by atoms with E-state index in [1.807, 2.05) is 17.0 Å².